The van der Waals surface area contributed by atoms with Crippen LogP contribution in [0, 0.1) is 5.92 Å². The molecule has 1 aromatic heterocycles. The Labute approximate surface area is 115 Å². The number of hydrogen-bond donors (Lipinski definition) is 0. The number of hydrogen-bond acceptors (Lipinski definition) is 4. The number of alkyl halides is 1. The van der Waals surface area contributed by atoms with Crippen LogP contribution in [0.1, 0.15) is 12.8 Å². The third-order valence-corrected chi connectivity index (χ3v) is 4.29. The van der Waals surface area contributed by atoms with Crippen molar-refractivity contribution < 1.29 is 0 Å². The average Bonchev–Trinajstić information content (AvgIpc) is 2.47. The molecular weight excluding hydrogens is 292 g/mol. The maximum atomic E-state index is 4.60. The van der Waals surface area contributed by atoms with Crippen LogP contribution in [0.3, 0.4) is 0 Å². The summed E-state index contributed by atoms with van der Waals surface area (Å²) in [7, 11) is 0. The van der Waals surface area contributed by atoms with E-state index in [-0.39, 0.29) is 0 Å². The van der Waals surface area contributed by atoms with Gasteiger partial charge in [-0.1, -0.05) is 28.1 Å². The van der Waals surface area contributed by atoms with Gasteiger partial charge in [-0.2, -0.15) is 0 Å². The highest BCUT2D eigenvalue weighted by Gasteiger charge is 2.21. The van der Waals surface area contributed by atoms with E-state index in [1.807, 2.05) is 24.3 Å². The zero-order chi connectivity index (χ0) is 12.4. The summed E-state index contributed by atoms with van der Waals surface area (Å²) in [5.74, 6) is 1.45. The molecule has 1 fully saturated rings. The van der Waals surface area contributed by atoms with E-state index in [0.717, 1.165) is 35.4 Å². The van der Waals surface area contributed by atoms with E-state index in [0.29, 0.717) is 5.92 Å². The second-order valence-electron chi connectivity index (χ2n) is 4.71. The Hall–Kier alpha value is -1.23. The van der Waals surface area contributed by atoms with Gasteiger partial charge in [-0.25, -0.2) is 4.98 Å². The van der Waals surface area contributed by atoms with Crippen LogP contribution in [0.25, 0.3) is 11.0 Å². The summed E-state index contributed by atoms with van der Waals surface area (Å²) in [5, 5.41) is 9.54. The number of nitrogens with zero attached hydrogens (tertiary/aromatic N) is 4. The molecule has 1 aromatic carbocycles. The Morgan fingerprint density at radius 2 is 2.06 bits per heavy atom. The number of fused-ring (bicyclic) bond motifs is 1. The molecule has 1 atom stereocenters. The van der Waals surface area contributed by atoms with Gasteiger partial charge in [0.25, 0.3) is 0 Å². The van der Waals surface area contributed by atoms with Gasteiger partial charge < -0.3 is 4.90 Å². The van der Waals surface area contributed by atoms with Crippen molar-refractivity contribution in [1.29, 1.82) is 0 Å². The van der Waals surface area contributed by atoms with Crippen molar-refractivity contribution in [1.82, 2.24) is 15.2 Å². The van der Waals surface area contributed by atoms with Gasteiger partial charge in [-0.05, 0) is 30.9 Å². The molecule has 0 aliphatic carbocycles. The Morgan fingerprint density at radius 3 is 2.89 bits per heavy atom. The lowest BCUT2D eigenvalue weighted by molar-refractivity contribution is 0.449. The monoisotopic (exact) mass is 306 g/mol. The molecule has 1 aliphatic heterocycles. The van der Waals surface area contributed by atoms with Gasteiger partial charge in [-0.15, -0.1) is 10.2 Å². The molecule has 0 saturated carbocycles. The van der Waals surface area contributed by atoms with Gasteiger partial charge in [0, 0.05) is 18.4 Å². The molecule has 2 heterocycles. The van der Waals surface area contributed by atoms with E-state index in [2.05, 4.69) is 36.0 Å². The number of halogens is 1. The van der Waals surface area contributed by atoms with E-state index in [1.165, 1.54) is 12.8 Å². The quantitative estimate of drug-likeness (QED) is 0.800. The fourth-order valence-electron chi connectivity index (χ4n) is 2.38. The normalized spacial score (nSPS) is 20.3. The van der Waals surface area contributed by atoms with E-state index in [4.69, 9.17) is 0 Å². The van der Waals surface area contributed by atoms with Gasteiger partial charge in [0.15, 0.2) is 0 Å². The smallest absolute Gasteiger partial charge is 0.245 e. The summed E-state index contributed by atoms with van der Waals surface area (Å²) in [6.07, 6.45) is 2.48. The molecule has 1 aliphatic rings. The molecule has 0 amide bonds. The van der Waals surface area contributed by atoms with Gasteiger partial charge >= 0.3 is 0 Å². The summed E-state index contributed by atoms with van der Waals surface area (Å²) in [4.78, 5) is 6.85. The third-order valence-electron chi connectivity index (χ3n) is 3.37. The highest BCUT2D eigenvalue weighted by Crippen LogP contribution is 2.22. The number of piperidine rings is 1. The number of anilines is 1. The van der Waals surface area contributed by atoms with Crippen LogP contribution in [0.2, 0.25) is 0 Å². The van der Waals surface area contributed by atoms with Crippen molar-refractivity contribution in [3.63, 3.8) is 0 Å². The summed E-state index contributed by atoms with van der Waals surface area (Å²) < 4.78 is 0. The highest BCUT2D eigenvalue weighted by molar-refractivity contribution is 9.09. The SMILES string of the molecule is BrCC1CCCN(c2nnc3ccccc3n2)C1. The molecule has 2 aromatic rings. The fraction of sp³-hybridized carbons (Fsp3) is 0.462. The first-order valence-electron chi connectivity index (χ1n) is 6.27. The Balaban J connectivity index is 1.89. The Morgan fingerprint density at radius 1 is 1.22 bits per heavy atom. The minimum Gasteiger partial charge on any atom is -0.339 e. The van der Waals surface area contributed by atoms with Gasteiger partial charge in [0.1, 0.15) is 5.52 Å². The van der Waals surface area contributed by atoms with Crippen molar-refractivity contribution in [2.45, 2.75) is 12.8 Å². The van der Waals surface area contributed by atoms with E-state index >= 15 is 0 Å². The molecule has 1 saturated heterocycles. The van der Waals surface area contributed by atoms with Crippen molar-refractivity contribution >= 4 is 32.9 Å². The maximum Gasteiger partial charge on any atom is 0.245 e. The van der Waals surface area contributed by atoms with Crippen molar-refractivity contribution in [3.05, 3.63) is 24.3 Å². The standard InChI is InChI=1S/C13H15BrN4/c14-8-10-4-3-7-18(9-10)13-15-11-5-1-2-6-12(11)16-17-13/h1-2,5-6,10H,3-4,7-9H2. The highest BCUT2D eigenvalue weighted by atomic mass is 79.9. The van der Waals surface area contributed by atoms with E-state index in [1.54, 1.807) is 0 Å². The zero-order valence-corrected chi connectivity index (χ0v) is 11.7. The molecule has 4 nitrogen and oxygen atoms in total. The summed E-state index contributed by atoms with van der Waals surface area (Å²) in [6.45, 7) is 2.05. The van der Waals surface area contributed by atoms with E-state index < -0.39 is 0 Å². The first-order chi connectivity index (χ1) is 8.86. The van der Waals surface area contributed by atoms with Gasteiger partial charge in [-0.3, -0.25) is 0 Å². The lowest BCUT2D eigenvalue weighted by Gasteiger charge is -2.31. The first-order valence-corrected chi connectivity index (χ1v) is 7.39. The fourth-order valence-corrected chi connectivity index (χ4v) is 2.91. The molecule has 0 bridgehead atoms. The molecule has 0 spiro atoms. The first kappa shape index (κ1) is 11.8. The topological polar surface area (TPSA) is 41.9 Å². The zero-order valence-electron chi connectivity index (χ0n) is 10.1. The molecule has 94 valence electrons. The summed E-state index contributed by atoms with van der Waals surface area (Å²) in [6, 6.07) is 7.87. The average molecular weight is 307 g/mol. The Kier molecular flexibility index (Phi) is 3.41. The third kappa shape index (κ3) is 2.32. The number of benzene rings is 1. The summed E-state index contributed by atoms with van der Waals surface area (Å²) >= 11 is 3.57. The van der Waals surface area contributed by atoms with Crippen LogP contribution >= 0.6 is 15.9 Å². The van der Waals surface area contributed by atoms with Crippen LogP contribution in [-0.4, -0.2) is 33.6 Å². The molecule has 5 heteroatoms. The van der Waals surface area contributed by atoms with E-state index in [9.17, 15) is 0 Å². The van der Waals surface area contributed by atoms with Crippen LogP contribution in [0.5, 0.6) is 0 Å². The summed E-state index contributed by atoms with van der Waals surface area (Å²) in [5.41, 5.74) is 1.78. The largest absolute Gasteiger partial charge is 0.339 e. The van der Waals surface area contributed by atoms with Crippen LogP contribution in [0.15, 0.2) is 24.3 Å². The van der Waals surface area contributed by atoms with Crippen molar-refractivity contribution in [2.75, 3.05) is 23.3 Å². The minimum atomic E-state index is 0.689. The lowest BCUT2D eigenvalue weighted by Crippen LogP contribution is -2.37. The van der Waals surface area contributed by atoms with Crippen molar-refractivity contribution in [2.24, 2.45) is 5.92 Å². The number of rotatable bonds is 2. The van der Waals surface area contributed by atoms with Crippen LogP contribution in [0.4, 0.5) is 5.95 Å². The molecule has 18 heavy (non-hydrogen) atoms. The Bertz CT molecular complexity index is 545. The molecule has 0 radical (unpaired) electrons. The molecular formula is C13H15BrN4. The maximum absolute atomic E-state index is 4.60. The predicted octanol–water partition coefficient (Wildman–Crippen LogP) is 2.64. The van der Waals surface area contributed by atoms with Gasteiger partial charge in [0.05, 0.1) is 5.52 Å². The lowest BCUT2D eigenvalue weighted by atomic mass is 10.0. The second kappa shape index (κ2) is 5.18. The van der Waals surface area contributed by atoms with Gasteiger partial charge in [0.2, 0.25) is 5.95 Å². The number of para-hydroxylation sites is 1. The molecule has 0 N–H and O–H groups in total. The predicted molar refractivity (Wildman–Crippen MR) is 76.1 cm³/mol. The second-order valence-corrected chi connectivity index (χ2v) is 5.36. The number of aromatic nitrogens is 3. The molecule has 3 rings (SSSR count). The van der Waals surface area contributed by atoms with Crippen LogP contribution in [-0.2, 0) is 0 Å². The molecule has 1 unspecified atom stereocenters. The van der Waals surface area contributed by atoms with Crippen molar-refractivity contribution in [3.8, 4) is 0 Å². The van der Waals surface area contributed by atoms with Crippen LogP contribution < -0.4 is 4.90 Å². The minimum absolute atomic E-state index is 0.689.